The minimum Gasteiger partial charge on any atom is -0.389 e. The third-order valence-corrected chi connectivity index (χ3v) is 5.87. The smallest absolute Gasteiger partial charge is 0.162 e. The Morgan fingerprint density at radius 2 is 1.70 bits per heavy atom. The number of halogens is 2. The molecule has 0 spiro atoms. The first-order valence-corrected chi connectivity index (χ1v) is 9.48. The predicted octanol–water partition coefficient (Wildman–Crippen LogP) is 3.61. The number of morpholine rings is 1. The molecule has 2 aliphatic heterocycles. The molecular formula is C22H25F2NO2. The molecule has 2 atom stereocenters. The van der Waals surface area contributed by atoms with Crippen LogP contribution in [-0.4, -0.2) is 40.9 Å². The normalized spacial score (nSPS) is 28.3. The lowest BCUT2D eigenvalue weighted by Gasteiger charge is -2.52. The average molecular weight is 373 g/mol. The molecule has 0 saturated carbocycles. The van der Waals surface area contributed by atoms with Crippen molar-refractivity contribution in [3.8, 4) is 0 Å². The second kappa shape index (κ2) is 7.30. The number of nitrogens with zero attached hydrogens (tertiary/aromatic N) is 1. The number of hydrogen-bond acceptors (Lipinski definition) is 3. The monoisotopic (exact) mass is 373 g/mol. The summed E-state index contributed by atoms with van der Waals surface area (Å²) in [6.07, 6.45) is 1.11. The number of aliphatic hydroxyl groups is 1. The number of hydrogen-bond donors (Lipinski definition) is 1. The van der Waals surface area contributed by atoms with Crippen molar-refractivity contribution in [3.63, 3.8) is 0 Å². The molecule has 2 saturated heterocycles. The Kier molecular flexibility index (Phi) is 5.01. The second-order valence-electron chi connectivity index (χ2n) is 7.98. The van der Waals surface area contributed by atoms with Crippen molar-refractivity contribution in [1.82, 2.24) is 4.90 Å². The van der Waals surface area contributed by atoms with Gasteiger partial charge in [0.1, 0.15) is 0 Å². The van der Waals surface area contributed by atoms with Gasteiger partial charge in [0.15, 0.2) is 11.6 Å². The van der Waals surface area contributed by atoms with Crippen molar-refractivity contribution in [2.75, 3.05) is 13.2 Å². The van der Waals surface area contributed by atoms with Crippen molar-refractivity contribution in [2.45, 2.75) is 50.4 Å². The van der Waals surface area contributed by atoms with Crippen LogP contribution in [0.5, 0.6) is 0 Å². The van der Waals surface area contributed by atoms with Crippen LogP contribution in [-0.2, 0) is 17.7 Å². The fourth-order valence-corrected chi connectivity index (χ4v) is 4.52. The minimum atomic E-state index is -1.05. The first-order valence-electron chi connectivity index (χ1n) is 9.48. The standard InChI is InChI=1S/C22H25F2NO2/c1-15-7-8-17(21(24)20(15)23)9-22(26)10-18-13-27-14-19(11-22)25(18)12-16-5-3-2-4-6-16/h2-8,18-19,26H,9-14H2,1H3. The quantitative estimate of drug-likeness (QED) is 0.889. The Bertz CT molecular complexity index is 797. The summed E-state index contributed by atoms with van der Waals surface area (Å²) in [5.74, 6) is -1.65. The van der Waals surface area contributed by atoms with Gasteiger partial charge in [0.2, 0.25) is 0 Å². The lowest BCUT2D eigenvalue weighted by molar-refractivity contribution is -0.145. The Hall–Kier alpha value is -1.82. The summed E-state index contributed by atoms with van der Waals surface area (Å²) in [6, 6.07) is 13.6. The van der Waals surface area contributed by atoms with Gasteiger partial charge in [0, 0.05) is 25.0 Å². The van der Waals surface area contributed by atoms with Gasteiger partial charge >= 0.3 is 0 Å². The maximum absolute atomic E-state index is 14.3. The second-order valence-corrected chi connectivity index (χ2v) is 7.98. The van der Waals surface area contributed by atoms with E-state index in [4.69, 9.17) is 4.74 Å². The van der Waals surface area contributed by atoms with Crippen LogP contribution in [0.2, 0.25) is 0 Å². The molecule has 2 aliphatic rings. The van der Waals surface area contributed by atoms with Crippen molar-refractivity contribution in [3.05, 3.63) is 70.8 Å². The Labute approximate surface area is 158 Å². The molecule has 0 amide bonds. The van der Waals surface area contributed by atoms with E-state index >= 15 is 0 Å². The minimum absolute atomic E-state index is 0.0704. The van der Waals surface area contributed by atoms with E-state index in [9.17, 15) is 13.9 Å². The summed E-state index contributed by atoms with van der Waals surface area (Å²) < 4.78 is 34.0. The zero-order valence-corrected chi connectivity index (χ0v) is 15.5. The predicted molar refractivity (Wildman–Crippen MR) is 99.4 cm³/mol. The fourth-order valence-electron chi connectivity index (χ4n) is 4.52. The molecule has 2 fully saturated rings. The van der Waals surface area contributed by atoms with Crippen molar-refractivity contribution < 1.29 is 18.6 Å². The van der Waals surface area contributed by atoms with Crippen LogP contribution >= 0.6 is 0 Å². The highest BCUT2D eigenvalue weighted by molar-refractivity contribution is 5.27. The van der Waals surface area contributed by atoms with E-state index in [0.717, 1.165) is 6.54 Å². The molecule has 2 heterocycles. The van der Waals surface area contributed by atoms with E-state index in [-0.39, 0.29) is 29.6 Å². The van der Waals surface area contributed by atoms with Gasteiger partial charge in [-0.2, -0.15) is 0 Å². The van der Waals surface area contributed by atoms with E-state index in [0.29, 0.717) is 26.1 Å². The number of benzene rings is 2. The van der Waals surface area contributed by atoms with Crippen molar-refractivity contribution in [2.24, 2.45) is 0 Å². The van der Waals surface area contributed by atoms with Gasteiger partial charge < -0.3 is 9.84 Å². The van der Waals surface area contributed by atoms with Crippen molar-refractivity contribution >= 4 is 0 Å². The van der Waals surface area contributed by atoms with Crippen LogP contribution in [0.4, 0.5) is 8.78 Å². The summed E-state index contributed by atoms with van der Waals surface area (Å²) in [5.41, 5.74) is 0.711. The summed E-state index contributed by atoms with van der Waals surface area (Å²) in [6.45, 7) is 3.45. The molecule has 5 heteroatoms. The molecule has 2 unspecified atom stereocenters. The Morgan fingerprint density at radius 1 is 1.04 bits per heavy atom. The average Bonchev–Trinajstić information content (AvgIpc) is 2.64. The van der Waals surface area contributed by atoms with Crippen LogP contribution < -0.4 is 0 Å². The molecule has 0 aliphatic carbocycles. The molecule has 3 nitrogen and oxygen atoms in total. The molecular weight excluding hydrogens is 348 g/mol. The van der Waals surface area contributed by atoms with Gasteiger partial charge in [-0.3, -0.25) is 4.90 Å². The first-order chi connectivity index (χ1) is 13.0. The number of rotatable bonds is 4. The summed E-state index contributed by atoms with van der Waals surface area (Å²) >= 11 is 0. The molecule has 2 aromatic carbocycles. The molecule has 2 aromatic rings. The topological polar surface area (TPSA) is 32.7 Å². The maximum atomic E-state index is 14.3. The molecule has 2 bridgehead atoms. The van der Waals surface area contributed by atoms with E-state index in [1.807, 2.05) is 18.2 Å². The van der Waals surface area contributed by atoms with Crippen LogP contribution in [0.25, 0.3) is 0 Å². The SMILES string of the molecule is Cc1ccc(CC2(O)CC3COCC(C2)N3Cc2ccccc2)c(F)c1F. The molecule has 4 rings (SSSR count). The maximum Gasteiger partial charge on any atom is 0.162 e. The van der Waals surface area contributed by atoms with Gasteiger partial charge in [-0.25, -0.2) is 8.78 Å². The lowest BCUT2D eigenvalue weighted by atomic mass is 9.77. The van der Waals surface area contributed by atoms with Gasteiger partial charge in [-0.15, -0.1) is 0 Å². The van der Waals surface area contributed by atoms with Crippen LogP contribution in [0.3, 0.4) is 0 Å². The summed E-state index contributed by atoms with van der Waals surface area (Å²) in [4.78, 5) is 2.39. The van der Waals surface area contributed by atoms with Crippen LogP contribution in [0.1, 0.15) is 29.5 Å². The van der Waals surface area contributed by atoms with E-state index in [2.05, 4.69) is 17.0 Å². The zero-order chi connectivity index (χ0) is 19.0. The van der Waals surface area contributed by atoms with E-state index < -0.39 is 17.2 Å². The van der Waals surface area contributed by atoms with Crippen LogP contribution in [0, 0.1) is 18.6 Å². The fraction of sp³-hybridized carbons (Fsp3) is 0.455. The highest BCUT2D eigenvalue weighted by atomic mass is 19.2. The van der Waals surface area contributed by atoms with Crippen molar-refractivity contribution in [1.29, 1.82) is 0 Å². The van der Waals surface area contributed by atoms with Gasteiger partial charge in [-0.05, 0) is 36.5 Å². The first kappa shape index (κ1) is 18.5. The largest absolute Gasteiger partial charge is 0.389 e. The lowest BCUT2D eigenvalue weighted by Crippen LogP contribution is -2.61. The molecule has 144 valence electrons. The van der Waals surface area contributed by atoms with Gasteiger partial charge in [-0.1, -0.05) is 42.5 Å². The molecule has 27 heavy (non-hydrogen) atoms. The summed E-state index contributed by atoms with van der Waals surface area (Å²) in [7, 11) is 0. The van der Waals surface area contributed by atoms with Gasteiger partial charge in [0.05, 0.1) is 18.8 Å². The van der Waals surface area contributed by atoms with Gasteiger partial charge in [0.25, 0.3) is 0 Å². The third kappa shape index (κ3) is 3.77. The third-order valence-electron chi connectivity index (χ3n) is 5.87. The molecule has 0 radical (unpaired) electrons. The zero-order valence-electron chi connectivity index (χ0n) is 15.5. The number of fused-ring (bicyclic) bond motifs is 2. The van der Waals surface area contributed by atoms with Crippen LogP contribution in [0.15, 0.2) is 42.5 Å². The Morgan fingerprint density at radius 3 is 2.37 bits per heavy atom. The van der Waals surface area contributed by atoms with E-state index in [1.54, 1.807) is 19.1 Å². The molecule has 1 N–H and O–H groups in total. The highest BCUT2D eigenvalue weighted by Crippen LogP contribution is 2.38. The number of aryl methyl sites for hydroxylation is 1. The van der Waals surface area contributed by atoms with E-state index in [1.165, 1.54) is 5.56 Å². The highest BCUT2D eigenvalue weighted by Gasteiger charge is 2.46. The number of piperidine rings is 1. The number of ether oxygens (including phenoxy) is 1. The Balaban J connectivity index is 1.53. The summed E-state index contributed by atoms with van der Waals surface area (Å²) in [5, 5.41) is 11.2. The molecule has 0 aromatic heterocycles.